The van der Waals surface area contributed by atoms with Crippen LogP contribution in [0, 0.1) is 0 Å². The van der Waals surface area contributed by atoms with Gasteiger partial charge < -0.3 is 15.2 Å². The number of para-hydroxylation sites is 2. The Bertz CT molecular complexity index is 799. The molecular weight excluding hydrogens is 290 g/mol. The van der Waals surface area contributed by atoms with E-state index in [4.69, 9.17) is 15.2 Å². The first-order valence-corrected chi connectivity index (χ1v) is 6.54. The fourth-order valence-corrected chi connectivity index (χ4v) is 2.10. The molecule has 10 heteroatoms. The summed E-state index contributed by atoms with van der Waals surface area (Å²) in [6.45, 7) is 0.786. The van der Waals surface area contributed by atoms with Crippen molar-refractivity contribution in [3.05, 3.63) is 24.3 Å². The van der Waals surface area contributed by atoms with Gasteiger partial charge in [0.15, 0.2) is 29.1 Å². The van der Waals surface area contributed by atoms with Crippen LogP contribution in [0.2, 0.25) is 0 Å². The van der Waals surface area contributed by atoms with Crippen molar-refractivity contribution in [3.63, 3.8) is 0 Å². The Morgan fingerprint density at radius 1 is 1.23 bits per heavy atom. The molecule has 1 aliphatic heterocycles. The normalized spacial score (nSPS) is 16.6. The van der Waals surface area contributed by atoms with E-state index in [1.54, 1.807) is 0 Å². The summed E-state index contributed by atoms with van der Waals surface area (Å²) in [5, 5.41) is 19.1. The number of fused-ring (bicyclic) bond motifs is 1. The van der Waals surface area contributed by atoms with E-state index < -0.39 is 0 Å². The monoisotopic (exact) mass is 301 g/mol. The van der Waals surface area contributed by atoms with Crippen molar-refractivity contribution in [2.75, 3.05) is 12.3 Å². The van der Waals surface area contributed by atoms with Crippen LogP contribution in [-0.4, -0.2) is 43.2 Å². The lowest BCUT2D eigenvalue weighted by Gasteiger charge is -2.25. The molecular formula is C12H11N7O3. The van der Waals surface area contributed by atoms with Gasteiger partial charge in [-0.05, 0) is 27.7 Å². The van der Waals surface area contributed by atoms with Crippen LogP contribution in [0.25, 0.3) is 11.5 Å². The number of rotatable bonds is 3. The highest BCUT2D eigenvalue weighted by molar-refractivity contribution is 5.60. The minimum Gasteiger partial charge on any atom is -0.486 e. The average Bonchev–Trinajstić information content (AvgIpc) is 3.16. The molecule has 1 aliphatic rings. The molecule has 2 aromatic heterocycles. The quantitative estimate of drug-likeness (QED) is 0.718. The number of tetrazole rings is 1. The Hall–Kier alpha value is -3.17. The summed E-state index contributed by atoms with van der Waals surface area (Å²) in [6, 6.07) is 7.49. The van der Waals surface area contributed by atoms with E-state index in [1.807, 2.05) is 24.3 Å². The third-order valence-electron chi connectivity index (χ3n) is 3.11. The molecule has 3 aromatic rings. The van der Waals surface area contributed by atoms with E-state index in [9.17, 15) is 0 Å². The second-order valence-corrected chi connectivity index (χ2v) is 4.66. The van der Waals surface area contributed by atoms with Crippen molar-refractivity contribution >= 4 is 5.82 Å². The highest BCUT2D eigenvalue weighted by Gasteiger charge is 2.23. The van der Waals surface area contributed by atoms with Gasteiger partial charge in [0.25, 0.3) is 0 Å². The predicted molar refractivity (Wildman–Crippen MR) is 71.9 cm³/mol. The van der Waals surface area contributed by atoms with Gasteiger partial charge in [0.05, 0.1) is 0 Å². The van der Waals surface area contributed by atoms with E-state index in [-0.39, 0.29) is 23.4 Å². The van der Waals surface area contributed by atoms with Crippen molar-refractivity contribution in [1.82, 2.24) is 30.5 Å². The molecule has 112 valence electrons. The number of aromatic nitrogens is 6. The van der Waals surface area contributed by atoms with Crippen LogP contribution in [0.15, 0.2) is 28.9 Å². The molecule has 0 spiro atoms. The van der Waals surface area contributed by atoms with Gasteiger partial charge in [0.2, 0.25) is 5.82 Å². The standard InChI is InChI=1S/C12H11N7O3/c13-11-10(16-22-17-11)12-14-18-19(15-12)5-7-6-20-8-3-1-2-4-9(8)21-7/h1-4,7H,5-6H2,(H2,13,17). The second kappa shape index (κ2) is 4.98. The maximum atomic E-state index is 5.83. The van der Waals surface area contributed by atoms with E-state index in [0.717, 1.165) is 5.75 Å². The largest absolute Gasteiger partial charge is 0.486 e. The summed E-state index contributed by atoms with van der Waals surface area (Å²) < 4.78 is 16.0. The number of nitrogens with zero attached hydrogens (tertiary/aromatic N) is 6. The summed E-state index contributed by atoms with van der Waals surface area (Å²) >= 11 is 0. The Kier molecular flexibility index (Phi) is 2.85. The molecule has 1 aromatic carbocycles. The molecule has 22 heavy (non-hydrogen) atoms. The van der Waals surface area contributed by atoms with Crippen molar-refractivity contribution in [3.8, 4) is 23.0 Å². The van der Waals surface area contributed by atoms with Crippen LogP contribution in [0.1, 0.15) is 0 Å². The minimum absolute atomic E-state index is 0.116. The maximum absolute atomic E-state index is 5.83. The number of nitrogen functional groups attached to an aromatic ring is 1. The molecule has 0 fully saturated rings. The smallest absolute Gasteiger partial charge is 0.230 e. The molecule has 0 radical (unpaired) electrons. The Balaban J connectivity index is 1.49. The van der Waals surface area contributed by atoms with Crippen LogP contribution in [0.5, 0.6) is 11.5 Å². The zero-order valence-electron chi connectivity index (χ0n) is 11.3. The van der Waals surface area contributed by atoms with E-state index in [1.165, 1.54) is 4.80 Å². The van der Waals surface area contributed by atoms with E-state index >= 15 is 0 Å². The molecule has 2 N–H and O–H groups in total. The molecule has 4 rings (SSSR count). The van der Waals surface area contributed by atoms with Crippen molar-refractivity contribution in [1.29, 1.82) is 0 Å². The van der Waals surface area contributed by atoms with Gasteiger partial charge in [-0.15, -0.1) is 10.2 Å². The first-order valence-electron chi connectivity index (χ1n) is 6.54. The number of anilines is 1. The van der Waals surface area contributed by atoms with Gasteiger partial charge in [0, 0.05) is 0 Å². The lowest BCUT2D eigenvalue weighted by Crippen LogP contribution is -2.33. The molecule has 10 nitrogen and oxygen atoms in total. The first-order chi connectivity index (χ1) is 10.8. The number of hydrogen-bond donors (Lipinski definition) is 1. The van der Waals surface area contributed by atoms with Crippen LogP contribution in [-0.2, 0) is 6.54 Å². The van der Waals surface area contributed by atoms with Gasteiger partial charge in [-0.1, -0.05) is 12.1 Å². The minimum atomic E-state index is -0.218. The third kappa shape index (κ3) is 2.20. The average molecular weight is 301 g/mol. The summed E-state index contributed by atoms with van der Waals surface area (Å²) in [5.74, 6) is 1.79. The molecule has 0 bridgehead atoms. The molecule has 0 amide bonds. The molecule has 0 saturated heterocycles. The molecule has 1 atom stereocenters. The first kappa shape index (κ1) is 12.6. The van der Waals surface area contributed by atoms with Crippen molar-refractivity contribution < 1.29 is 14.1 Å². The van der Waals surface area contributed by atoms with Gasteiger partial charge in [-0.25, -0.2) is 4.63 Å². The summed E-state index contributed by atoms with van der Waals surface area (Å²) in [5.41, 5.74) is 5.85. The Morgan fingerprint density at radius 3 is 2.91 bits per heavy atom. The maximum Gasteiger partial charge on any atom is 0.230 e. The highest BCUT2D eigenvalue weighted by Crippen LogP contribution is 2.31. The van der Waals surface area contributed by atoms with E-state index in [2.05, 4.69) is 30.4 Å². The molecule has 0 saturated carbocycles. The lowest BCUT2D eigenvalue weighted by molar-refractivity contribution is 0.0722. The lowest BCUT2D eigenvalue weighted by atomic mass is 10.2. The van der Waals surface area contributed by atoms with Gasteiger partial charge >= 0.3 is 0 Å². The van der Waals surface area contributed by atoms with Gasteiger partial charge in [-0.3, -0.25) is 0 Å². The second-order valence-electron chi connectivity index (χ2n) is 4.66. The molecule has 3 heterocycles. The summed E-state index contributed by atoms with van der Waals surface area (Å²) in [7, 11) is 0. The topological polar surface area (TPSA) is 127 Å². The zero-order chi connectivity index (χ0) is 14.9. The van der Waals surface area contributed by atoms with Crippen molar-refractivity contribution in [2.45, 2.75) is 12.6 Å². The Morgan fingerprint density at radius 2 is 2.09 bits per heavy atom. The zero-order valence-corrected chi connectivity index (χ0v) is 11.3. The highest BCUT2D eigenvalue weighted by atomic mass is 16.6. The third-order valence-corrected chi connectivity index (χ3v) is 3.11. The number of ether oxygens (including phenoxy) is 2. The van der Waals surface area contributed by atoms with Crippen molar-refractivity contribution in [2.24, 2.45) is 0 Å². The van der Waals surface area contributed by atoms with Crippen LogP contribution >= 0.6 is 0 Å². The Labute approximate surface area is 123 Å². The van der Waals surface area contributed by atoms with Gasteiger partial charge in [0.1, 0.15) is 13.2 Å². The fourth-order valence-electron chi connectivity index (χ4n) is 2.10. The number of benzene rings is 1. The van der Waals surface area contributed by atoms with E-state index in [0.29, 0.717) is 18.9 Å². The van der Waals surface area contributed by atoms with Crippen LogP contribution < -0.4 is 15.2 Å². The molecule has 0 aliphatic carbocycles. The predicted octanol–water partition coefficient (Wildman–Crippen LogP) is 0.145. The van der Waals surface area contributed by atoms with Crippen LogP contribution in [0.3, 0.4) is 0 Å². The summed E-state index contributed by atoms with van der Waals surface area (Å²) in [4.78, 5) is 1.39. The number of hydrogen-bond acceptors (Lipinski definition) is 9. The summed E-state index contributed by atoms with van der Waals surface area (Å²) in [6.07, 6.45) is -0.218. The van der Waals surface area contributed by atoms with Gasteiger partial charge in [-0.2, -0.15) is 4.80 Å². The molecule has 1 unspecified atom stereocenters. The van der Waals surface area contributed by atoms with Crippen LogP contribution in [0.4, 0.5) is 5.82 Å². The number of nitrogens with two attached hydrogens (primary N) is 1. The fraction of sp³-hybridized carbons (Fsp3) is 0.250. The SMILES string of the molecule is Nc1nonc1-c1nnn(CC2COc3ccccc3O2)n1.